The third-order valence-corrected chi connectivity index (χ3v) is 3.59. The maximum atomic E-state index is 5.91. The number of halogens is 1. The number of nitrogens with zero attached hydrogens (tertiary/aromatic N) is 4. The second kappa shape index (κ2) is 7.27. The largest absolute Gasteiger partial charge is 0.379 e. The third-order valence-electron chi connectivity index (χ3n) is 3.41. The summed E-state index contributed by atoms with van der Waals surface area (Å²) < 4.78 is 9.94. The van der Waals surface area contributed by atoms with Crippen LogP contribution >= 0.6 is 11.6 Å². The van der Waals surface area contributed by atoms with Gasteiger partial charge in [-0.05, 0) is 19.8 Å². The van der Waals surface area contributed by atoms with Crippen LogP contribution < -0.4 is 0 Å². The Morgan fingerprint density at radius 3 is 2.71 bits per heavy atom. The first-order valence-corrected chi connectivity index (χ1v) is 8.18. The number of aryl methyl sites for hydroxylation is 3. The van der Waals surface area contributed by atoms with Gasteiger partial charge in [-0.3, -0.25) is 0 Å². The van der Waals surface area contributed by atoms with Gasteiger partial charge in [0.05, 0.1) is 12.3 Å². The highest BCUT2D eigenvalue weighted by atomic mass is 35.5. The van der Waals surface area contributed by atoms with E-state index in [2.05, 4.69) is 30.4 Å². The first-order valence-electron chi connectivity index (χ1n) is 7.64. The van der Waals surface area contributed by atoms with Crippen LogP contribution in [0.4, 0.5) is 0 Å². The van der Waals surface area contributed by atoms with Crippen LogP contribution in [0.5, 0.6) is 0 Å². The summed E-state index contributed by atoms with van der Waals surface area (Å²) in [4.78, 5) is 4.72. The molecule has 0 radical (unpaired) electrons. The van der Waals surface area contributed by atoms with Crippen LogP contribution in [-0.4, -0.2) is 38.4 Å². The molecule has 0 atom stereocenters. The molecule has 0 saturated heterocycles. The molecule has 0 aliphatic rings. The Morgan fingerprint density at radius 2 is 2.10 bits per heavy atom. The fourth-order valence-corrected chi connectivity index (χ4v) is 2.64. The SMILES string of the molecule is CCn1nc(C)c2nc(CCCl)n(CCOCC(C)C)c21. The zero-order chi connectivity index (χ0) is 15.4. The van der Waals surface area contributed by atoms with E-state index in [0.717, 1.165) is 48.8 Å². The second-order valence-corrected chi connectivity index (χ2v) is 6.04. The minimum absolute atomic E-state index is 0.554. The van der Waals surface area contributed by atoms with Gasteiger partial charge in [0.15, 0.2) is 5.65 Å². The van der Waals surface area contributed by atoms with E-state index in [1.165, 1.54) is 0 Å². The fraction of sp³-hybridized carbons (Fsp3) is 0.733. The molecular weight excluding hydrogens is 288 g/mol. The Bertz CT molecular complexity index is 588. The molecule has 0 aliphatic carbocycles. The van der Waals surface area contributed by atoms with Gasteiger partial charge in [-0.25, -0.2) is 9.67 Å². The summed E-state index contributed by atoms with van der Waals surface area (Å²) in [6.45, 7) is 11.5. The van der Waals surface area contributed by atoms with Gasteiger partial charge in [-0.2, -0.15) is 5.10 Å². The maximum Gasteiger partial charge on any atom is 0.159 e. The maximum absolute atomic E-state index is 5.91. The molecule has 6 heteroatoms. The monoisotopic (exact) mass is 312 g/mol. The van der Waals surface area contributed by atoms with Crippen molar-refractivity contribution < 1.29 is 4.74 Å². The quantitative estimate of drug-likeness (QED) is 0.556. The molecule has 0 aliphatic heterocycles. The van der Waals surface area contributed by atoms with E-state index in [4.69, 9.17) is 21.3 Å². The summed E-state index contributed by atoms with van der Waals surface area (Å²) >= 11 is 5.91. The van der Waals surface area contributed by atoms with E-state index < -0.39 is 0 Å². The Hall–Kier alpha value is -1.07. The number of rotatable bonds is 8. The minimum atomic E-state index is 0.554. The van der Waals surface area contributed by atoms with E-state index in [1.54, 1.807) is 0 Å². The van der Waals surface area contributed by atoms with Gasteiger partial charge in [0.2, 0.25) is 0 Å². The fourth-order valence-electron chi connectivity index (χ4n) is 2.48. The van der Waals surface area contributed by atoms with E-state index in [1.807, 2.05) is 11.6 Å². The Kier molecular flexibility index (Phi) is 5.65. The molecule has 2 aromatic heterocycles. The number of imidazole rings is 1. The van der Waals surface area contributed by atoms with E-state index in [0.29, 0.717) is 18.4 Å². The molecule has 21 heavy (non-hydrogen) atoms. The smallest absolute Gasteiger partial charge is 0.159 e. The summed E-state index contributed by atoms with van der Waals surface area (Å²) in [6.07, 6.45) is 0.767. The number of ether oxygens (including phenoxy) is 1. The van der Waals surface area contributed by atoms with Crippen LogP contribution in [0.25, 0.3) is 11.2 Å². The molecule has 118 valence electrons. The molecule has 5 nitrogen and oxygen atoms in total. The highest BCUT2D eigenvalue weighted by molar-refractivity contribution is 6.17. The lowest BCUT2D eigenvalue weighted by atomic mass is 10.2. The first-order chi connectivity index (χ1) is 10.1. The van der Waals surface area contributed by atoms with E-state index >= 15 is 0 Å². The van der Waals surface area contributed by atoms with Crippen molar-refractivity contribution in [3.8, 4) is 0 Å². The molecule has 2 aromatic rings. The molecular formula is C15H25ClN4O. The van der Waals surface area contributed by atoms with Crippen molar-refractivity contribution in [2.24, 2.45) is 5.92 Å². The average Bonchev–Trinajstić information content (AvgIpc) is 2.94. The van der Waals surface area contributed by atoms with Crippen molar-refractivity contribution in [1.29, 1.82) is 0 Å². The van der Waals surface area contributed by atoms with Gasteiger partial charge in [0.1, 0.15) is 11.3 Å². The number of alkyl halides is 1. The topological polar surface area (TPSA) is 44.9 Å². The van der Waals surface area contributed by atoms with Gasteiger partial charge in [-0.15, -0.1) is 11.6 Å². The average molecular weight is 313 g/mol. The standard InChI is InChI=1S/C15H25ClN4O/c1-5-20-15-14(12(4)18-20)17-13(6-7-16)19(15)8-9-21-10-11(2)3/h11H,5-10H2,1-4H3. The predicted octanol–water partition coefficient (Wildman–Crippen LogP) is 3.02. The number of hydrogen-bond acceptors (Lipinski definition) is 3. The van der Waals surface area contributed by atoms with Gasteiger partial charge in [0.25, 0.3) is 0 Å². The molecule has 0 spiro atoms. The molecule has 0 fully saturated rings. The van der Waals surface area contributed by atoms with Gasteiger partial charge >= 0.3 is 0 Å². The van der Waals surface area contributed by atoms with Crippen molar-refractivity contribution in [1.82, 2.24) is 19.3 Å². The Balaban J connectivity index is 2.26. The van der Waals surface area contributed by atoms with Crippen molar-refractivity contribution in [2.75, 3.05) is 19.1 Å². The molecule has 0 bridgehead atoms. The molecule has 0 amide bonds. The van der Waals surface area contributed by atoms with Crippen molar-refractivity contribution in [3.05, 3.63) is 11.5 Å². The Morgan fingerprint density at radius 1 is 1.33 bits per heavy atom. The zero-order valence-corrected chi connectivity index (χ0v) is 14.2. The molecule has 0 saturated carbocycles. The van der Waals surface area contributed by atoms with Gasteiger partial charge in [0, 0.05) is 32.0 Å². The van der Waals surface area contributed by atoms with Crippen LogP contribution in [0.3, 0.4) is 0 Å². The molecule has 2 heterocycles. The number of fused-ring (bicyclic) bond motifs is 1. The highest BCUT2D eigenvalue weighted by Gasteiger charge is 2.17. The van der Waals surface area contributed by atoms with Gasteiger partial charge < -0.3 is 9.30 Å². The van der Waals surface area contributed by atoms with Crippen molar-refractivity contribution in [3.63, 3.8) is 0 Å². The lowest BCUT2D eigenvalue weighted by Gasteiger charge is -2.11. The molecule has 0 N–H and O–H groups in total. The molecule has 0 unspecified atom stereocenters. The highest BCUT2D eigenvalue weighted by Crippen LogP contribution is 2.20. The summed E-state index contributed by atoms with van der Waals surface area (Å²) in [6, 6.07) is 0. The van der Waals surface area contributed by atoms with Crippen LogP contribution in [-0.2, 0) is 24.2 Å². The predicted molar refractivity (Wildman–Crippen MR) is 86.0 cm³/mol. The van der Waals surface area contributed by atoms with E-state index in [-0.39, 0.29) is 0 Å². The molecule has 0 aromatic carbocycles. The van der Waals surface area contributed by atoms with E-state index in [9.17, 15) is 0 Å². The molecule has 2 rings (SSSR count). The Labute approximate surface area is 131 Å². The number of hydrogen-bond donors (Lipinski definition) is 0. The van der Waals surface area contributed by atoms with Crippen LogP contribution in [0, 0.1) is 12.8 Å². The second-order valence-electron chi connectivity index (χ2n) is 5.66. The van der Waals surface area contributed by atoms with Crippen molar-refractivity contribution in [2.45, 2.75) is 47.2 Å². The first kappa shape index (κ1) is 16.3. The van der Waals surface area contributed by atoms with Crippen LogP contribution in [0.15, 0.2) is 0 Å². The van der Waals surface area contributed by atoms with Crippen molar-refractivity contribution >= 4 is 22.8 Å². The normalized spacial score (nSPS) is 11.9. The summed E-state index contributed by atoms with van der Waals surface area (Å²) in [5.41, 5.74) is 3.05. The van der Waals surface area contributed by atoms with Gasteiger partial charge in [-0.1, -0.05) is 13.8 Å². The third kappa shape index (κ3) is 3.58. The minimum Gasteiger partial charge on any atom is -0.379 e. The number of aromatic nitrogens is 4. The van der Waals surface area contributed by atoms with Crippen LogP contribution in [0.1, 0.15) is 32.3 Å². The van der Waals surface area contributed by atoms with Crippen LogP contribution in [0.2, 0.25) is 0 Å². The summed E-state index contributed by atoms with van der Waals surface area (Å²) in [5.74, 6) is 2.15. The lowest BCUT2D eigenvalue weighted by Crippen LogP contribution is -2.14. The summed E-state index contributed by atoms with van der Waals surface area (Å²) in [7, 11) is 0. The zero-order valence-electron chi connectivity index (χ0n) is 13.4. The lowest BCUT2D eigenvalue weighted by molar-refractivity contribution is 0.103. The summed E-state index contributed by atoms with van der Waals surface area (Å²) in [5, 5.41) is 4.55.